The quantitative estimate of drug-likeness (QED) is 0.720. The van der Waals surface area contributed by atoms with Crippen molar-refractivity contribution in [3.63, 3.8) is 0 Å². The van der Waals surface area contributed by atoms with Crippen molar-refractivity contribution in [1.82, 2.24) is 9.78 Å². The second-order valence-electron chi connectivity index (χ2n) is 3.96. The fourth-order valence-electron chi connectivity index (χ4n) is 1.95. The summed E-state index contributed by atoms with van der Waals surface area (Å²) in [5, 5.41) is 5.53. The third kappa shape index (κ3) is 1.88. The summed E-state index contributed by atoms with van der Waals surface area (Å²) in [6.45, 7) is 0. The van der Waals surface area contributed by atoms with Crippen LogP contribution in [0.1, 0.15) is 0 Å². The van der Waals surface area contributed by atoms with Gasteiger partial charge in [-0.05, 0) is 30.3 Å². The SMILES string of the molecule is COc1cccc(-n2ncc3cc(Br)ccc32)c1. The van der Waals surface area contributed by atoms with E-state index in [0.717, 1.165) is 26.8 Å². The van der Waals surface area contributed by atoms with Gasteiger partial charge in [0.25, 0.3) is 0 Å². The van der Waals surface area contributed by atoms with E-state index < -0.39 is 0 Å². The maximum Gasteiger partial charge on any atom is 0.121 e. The molecule has 0 aliphatic heterocycles. The Morgan fingerprint density at radius 1 is 1.17 bits per heavy atom. The molecule has 1 aromatic heterocycles. The van der Waals surface area contributed by atoms with Crippen LogP contribution in [0.25, 0.3) is 16.6 Å². The zero-order valence-corrected chi connectivity index (χ0v) is 11.4. The van der Waals surface area contributed by atoms with Crippen LogP contribution in [-0.4, -0.2) is 16.9 Å². The summed E-state index contributed by atoms with van der Waals surface area (Å²) in [5.74, 6) is 0.827. The van der Waals surface area contributed by atoms with Crippen molar-refractivity contribution < 1.29 is 4.74 Å². The lowest BCUT2D eigenvalue weighted by atomic mass is 10.2. The molecule has 0 N–H and O–H groups in total. The average Bonchev–Trinajstić information content (AvgIpc) is 2.81. The minimum Gasteiger partial charge on any atom is -0.497 e. The maximum absolute atomic E-state index is 5.24. The molecule has 3 aromatic rings. The van der Waals surface area contributed by atoms with Crippen LogP contribution >= 0.6 is 15.9 Å². The first-order valence-electron chi connectivity index (χ1n) is 5.55. The molecular formula is C14H11BrN2O. The molecule has 2 aromatic carbocycles. The van der Waals surface area contributed by atoms with Crippen LogP contribution in [0.3, 0.4) is 0 Å². The van der Waals surface area contributed by atoms with E-state index in [1.807, 2.05) is 47.3 Å². The predicted molar refractivity (Wildman–Crippen MR) is 75.3 cm³/mol. The number of fused-ring (bicyclic) bond motifs is 1. The van der Waals surface area contributed by atoms with Crippen LogP contribution in [0.5, 0.6) is 5.75 Å². The first-order valence-corrected chi connectivity index (χ1v) is 6.35. The number of rotatable bonds is 2. The minimum absolute atomic E-state index is 0.827. The van der Waals surface area contributed by atoms with Gasteiger partial charge in [-0.15, -0.1) is 0 Å². The van der Waals surface area contributed by atoms with E-state index in [0.29, 0.717) is 0 Å². The summed E-state index contributed by atoms with van der Waals surface area (Å²) in [4.78, 5) is 0. The number of hydrogen-bond donors (Lipinski definition) is 0. The molecule has 3 rings (SSSR count). The second kappa shape index (κ2) is 4.46. The average molecular weight is 303 g/mol. The van der Waals surface area contributed by atoms with Gasteiger partial charge in [-0.2, -0.15) is 5.10 Å². The Morgan fingerprint density at radius 3 is 2.89 bits per heavy atom. The molecule has 0 radical (unpaired) electrons. The number of hydrogen-bond acceptors (Lipinski definition) is 2. The number of ether oxygens (including phenoxy) is 1. The third-order valence-corrected chi connectivity index (χ3v) is 3.32. The van der Waals surface area contributed by atoms with Gasteiger partial charge in [0.2, 0.25) is 0 Å². The maximum atomic E-state index is 5.24. The molecule has 0 unspecified atom stereocenters. The molecule has 0 bridgehead atoms. The Labute approximate surface area is 113 Å². The summed E-state index contributed by atoms with van der Waals surface area (Å²) < 4.78 is 8.20. The van der Waals surface area contributed by atoms with Crippen molar-refractivity contribution in [2.45, 2.75) is 0 Å². The van der Waals surface area contributed by atoms with Gasteiger partial charge < -0.3 is 4.74 Å². The summed E-state index contributed by atoms with van der Waals surface area (Å²) >= 11 is 3.46. The highest BCUT2D eigenvalue weighted by Gasteiger charge is 2.05. The molecule has 1 heterocycles. The highest BCUT2D eigenvalue weighted by Crippen LogP contribution is 2.23. The Kier molecular flexibility index (Phi) is 2.80. The van der Waals surface area contributed by atoms with Gasteiger partial charge in [-0.3, -0.25) is 0 Å². The molecule has 0 saturated heterocycles. The van der Waals surface area contributed by atoms with E-state index in [1.165, 1.54) is 0 Å². The summed E-state index contributed by atoms with van der Waals surface area (Å²) in [5.41, 5.74) is 2.07. The largest absolute Gasteiger partial charge is 0.497 e. The molecule has 0 aliphatic rings. The zero-order valence-electron chi connectivity index (χ0n) is 9.80. The molecule has 90 valence electrons. The first kappa shape index (κ1) is 11.3. The van der Waals surface area contributed by atoms with Crippen molar-refractivity contribution in [3.05, 3.63) is 53.1 Å². The number of aromatic nitrogens is 2. The zero-order chi connectivity index (χ0) is 12.5. The Bertz CT molecular complexity index is 706. The van der Waals surface area contributed by atoms with Gasteiger partial charge in [0.05, 0.1) is 24.5 Å². The first-order chi connectivity index (χ1) is 8.78. The van der Waals surface area contributed by atoms with Gasteiger partial charge in [0.15, 0.2) is 0 Å². The molecule has 0 atom stereocenters. The third-order valence-electron chi connectivity index (χ3n) is 2.83. The normalized spacial score (nSPS) is 10.8. The van der Waals surface area contributed by atoms with Crippen LogP contribution in [0.4, 0.5) is 0 Å². The highest BCUT2D eigenvalue weighted by atomic mass is 79.9. The standard InChI is InChI=1S/C14H11BrN2O/c1-18-13-4-2-3-12(8-13)17-14-6-5-11(15)7-10(14)9-16-17/h2-9H,1H3. The summed E-state index contributed by atoms with van der Waals surface area (Å²) in [6.07, 6.45) is 1.86. The molecule has 0 spiro atoms. The van der Waals surface area contributed by atoms with Crippen LogP contribution in [0.15, 0.2) is 53.1 Å². The summed E-state index contributed by atoms with van der Waals surface area (Å²) in [7, 11) is 1.66. The van der Waals surface area contributed by atoms with Crippen molar-refractivity contribution in [2.75, 3.05) is 7.11 Å². The van der Waals surface area contributed by atoms with Crippen molar-refractivity contribution in [2.24, 2.45) is 0 Å². The Balaban J connectivity index is 2.19. The molecular weight excluding hydrogens is 292 g/mol. The Hall–Kier alpha value is -1.81. The molecule has 0 aliphatic carbocycles. The van der Waals surface area contributed by atoms with Gasteiger partial charge in [-0.1, -0.05) is 22.0 Å². The van der Waals surface area contributed by atoms with Crippen LogP contribution in [0.2, 0.25) is 0 Å². The lowest BCUT2D eigenvalue weighted by Crippen LogP contribution is -1.96. The van der Waals surface area contributed by atoms with E-state index in [-0.39, 0.29) is 0 Å². The number of methoxy groups -OCH3 is 1. The van der Waals surface area contributed by atoms with Crippen LogP contribution < -0.4 is 4.74 Å². The van der Waals surface area contributed by atoms with E-state index in [2.05, 4.69) is 27.1 Å². The monoisotopic (exact) mass is 302 g/mol. The lowest BCUT2D eigenvalue weighted by molar-refractivity contribution is 0.414. The molecule has 4 heteroatoms. The minimum atomic E-state index is 0.827. The van der Waals surface area contributed by atoms with Crippen molar-refractivity contribution >= 4 is 26.8 Å². The van der Waals surface area contributed by atoms with Crippen LogP contribution in [0, 0.1) is 0 Å². The molecule has 18 heavy (non-hydrogen) atoms. The predicted octanol–water partition coefficient (Wildman–Crippen LogP) is 3.80. The van der Waals surface area contributed by atoms with Gasteiger partial charge in [0, 0.05) is 15.9 Å². The topological polar surface area (TPSA) is 27.1 Å². The number of halogens is 1. The van der Waals surface area contributed by atoms with Crippen LogP contribution in [-0.2, 0) is 0 Å². The van der Waals surface area contributed by atoms with E-state index in [1.54, 1.807) is 7.11 Å². The molecule has 0 fully saturated rings. The van der Waals surface area contributed by atoms with Crippen molar-refractivity contribution in [3.8, 4) is 11.4 Å². The number of benzene rings is 2. The molecule has 0 saturated carbocycles. The van der Waals surface area contributed by atoms with E-state index in [9.17, 15) is 0 Å². The van der Waals surface area contributed by atoms with E-state index >= 15 is 0 Å². The molecule has 3 nitrogen and oxygen atoms in total. The van der Waals surface area contributed by atoms with Gasteiger partial charge >= 0.3 is 0 Å². The highest BCUT2D eigenvalue weighted by molar-refractivity contribution is 9.10. The summed E-state index contributed by atoms with van der Waals surface area (Å²) in [6, 6.07) is 14.0. The van der Waals surface area contributed by atoms with E-state index in [4.69, 9.17) is 4.74 Å². The van der Waals surface area contributed by atoms with Gasteiger partial charge in [0.1, 0.15) is 5.75 Å². The smallest absolute Gasteiger partial charge is 0.121 e. The fraction of sp³-hybridized carbons (Fsp3) is 0.0714. The second-order valence-corrected chi connectivity index (χ2v) is 4.88. The fourth-order valence-corrected chi connectivity index (χ4v) is 2.33. The Morgan fingerprint density at radius 2 is 2.06 bits per heavy atom. The molecule has 0 amide bonds. The number of nitrogens with zero attached hydrogens (tertiary/aromatic N) is 2. The lowest BCUT2D eigenvalue weighted by Gasteiger charge is -2.05. The van der Waals surface area contributed by atoms with Crippen molar-refractivity contribution in [1.29, 1.82) is 0 Å². The van der Waals surface area contributed by atoms with Gasteiger partial charge in [-0.25, -0.2) is 4.68 Å².